The lowest BCUT2D eigenvalue weighted by atomic mass is 9.93. The second kappa shape index (κ2) is 9.80. The Balaban J connectivity index is 2.21. The third-order valence-corrected chi connectivity index (χ3v) is 4.71. The molecule has 0 aromatic rings. The summed E-state index contributed by atoms with van der Waals surface area (Å²) in [5.41, 5.74) is 5.67. The Hall–Kier alpha value is -0.0800. The van der Waals surface area contributed by atoms with Gasteiger partial charge in [0.1, 0.15) is 0 Å². The molecule has 2 nitrogen and oxygen atoms in total. The van der Waals surface area contributed by atoms with Crippen molar-refractivity contribution in [2.75, 3.05) is 19.6 Å². The maximum Gasteiger partial charge on any atom is 0.00951 e. The summed E-state index contributed by atoms with van der Waals surface area (Å²) >= 11 is 0. The van der Waals surface area contributed by atoms with Crippen molar-refractivity contribution in [1.29, 1.82) is 0 Å². The quantitative estimate of drug-likeness (QED) is 0.678. The van der Waals surface area contributed by atoms with E-state index in [1.807, 2.05) is 0 Å². The lowest BCUT2D eigenvalue weighted by Gasteiger charge is -2.33. The van der Waals surface area contributed by atoms with E-state index < -0.39 is 0 Å². The topological polar surface area (TPSA) is 29.3 Å². The van der Waals surface area contributed by atoms with Crippen molar-refractivity contribution < 1.29 is 0 Å². The van der Waals surface area contributed by atoms with Gasteiger partial charge >= 0.3 is 0 Å². The first-order valence-electron chi connectivity index (χ1n) is 8.25. The Bertz CT molecular complexity index is 188. The smallest absolute Gasteiger partial charge is 0.00951 e. The molecule has 0 bridgehead atoms. The highest BCUT2D eigenvalue weighted by molar-refractivity contribution is 4.75. The summed E-state index contributed by atoms with van der Waals surface area (Å²) in [5, 5.41) is 0. The number of hydrogen-bond acceptors (Lipinski definition) is 2. The van der Waals surface area contributed by atoms with Gasteiger partial charge in [-0.1, -0.05) is 39.5 Å². The van der Waals surface area contributed by atoms with E-state index in [1.165, 1.54) is 70.9 Å². The summed E-state index contributed by atoms with van der Waals surface area (Å²) in [6.45, 7) is 8.03. The molecule has 0 saturated heterocycles. The molecule has 1 aliphatic rings. The van der Waals surface area contributed by atoms with Gasteiger partial charge in [0, 0.05) is 6.04 Å². The molecule has 0 amide bonds. The van der Waals surface area contributed by atoms with Gasteiger partial charge in [-0.15, -0.1) is 0 Å². The standard InChI is InChI=1S/C16H34N2/c1-3-15(12-13-17)9-8-14-18(4-2)16-10-6-5-7-11-16/h15-16H,3-14,17H2,1-2H3. The molecule has 1 aliphatic carbocycles. The molecule has 0 spiro atoms. The zero-order valence-corrected chi connectivity index (χ0v) is 12.7. The molecule has 0 heterocycles. The first-order valence-corrected chi connectivity index (χ1v) is 8.25. The molecule has 1 atom stereocenters. The first kappa shape index (κ1) is 16.0. The maximum absolute atomic E-state index is 5.67. The lowest BCUT2D eigenvalue weighted by molar-refractivity contribution is 0.158. The van der Waals surface area contributed by atoms with E-state index >= 15 is 0 Å². The Morgan fingerprint density at radius 2 is 1.83 bits per heavy atom. The lowest BCUT2D eigenvalue weighted by Crippen LogP contribution is -2.37. The molecule has 2 N–H and O–H groups in total. The number of hydrogen-bond donors (Lipinski definition) is 1. The van der Waals surface area contributed by atoms with Crippen molar-refractivity contribution in [2.45, 2.75) is 77.7 Å². The van der Waals surface area contributed by atoms with E-state index in [1.54, 1.807) is 0 Å². The van der Waals surface area contributed by atoms with Crippen LogP contribution < -0.4 is 5.73 Å². The summed E-state index contributed by atoms with van der Waals surface area (Å²) in [4.78, 5) is 2.73. The fourth-order valence-electron chi connectivity index (χ4n) is 3.42. The van der Waals surface area contributed by atoms with Crippen molar-refractivity contribution >= 4 is 0 Å². The number of nitrogens with two attached hydrogens (primary N) is 1. The molecule has 1 fully saturated rings. The second-order valence-corrected chi connectivity index (χ2v) is 5.91. The van der Waals surface area contributed by atoms with Gasteiger partial charge in [-0.2, -0.15) is 0 Å². The molecule has 108 valence electrons. The predicted octanol–water partition coefficient (Wildman–Crippen LogP) is 3.80. The minimum Gasteiger partial charge on any atom is -0.330 e. The van der Waals surface area contributed by atoms with Crippen LogP contribution in [0.3, 0.4) is 0 Å². The molecule has 0 aromatic heterocycles. The summed E-state index contributed by atoms with van der Waals surface area (Å²) in [7, 11) is 0. The Morgan fingerprint density at radius 3 is 2.39 bits per heavy atom. The zero-order valence-electron chi connectivity index (χ0n) is 12.7. The van der Waals surface area contributed by atoms with Crippen molar-refractivity contribution in [1.82, 2.24) is 4.90 Å². The van der Waals surface area contributed by atoms with Gasteiger partial charge in [0.05, 0.1) is 0 Å². The van der Waals surface area contributed by atoms with Gasteiger partial charge in [0.15, 0.2) is 0 Å². The van der Waals surface area contributed by atoms with Crippen LogP contribution in [0, 0.1) is 5.92 Å². The van der Waals surface area contributed by atoms with Crippen LogP contribution in [-0.2, 0) is 0 Å². The summed E-state index contributed by atoms with van der Waals surface area (Å²) in [6.07, 6.45) is 12.5. The SMILES string of the molecule is CCC(CCN)CCCN(CC)C1CCCCC1. The van der Waals surface area contributed by atoms with Crippen LogP contribution in [0.15, 0.2) is 0 Å². The van der Waals surface area contributed by atoms with Gasteiger partial charge in [0.2, 0.25) is 0 Å². The van der Waals surface area contributed by atoms with Crippen LogP contribution in [0.4, 0.5) is 0 Å². The van der Waals surface area contributed by atoms with Crippen LogP contribution in [0.5, 0.6) is 0 Å². The van der Waals surface area contributed by atoms with E-state index in [9.17, 15) is 0 Å². The molecule has 0 aliphatic heterocycles. The summed E-state index contributed by atoms with van der Waals surface area (Å²) < 4.78 is 0. The molecule has 1 rings (SSSR count). The Kier molecular flexibility index (Phi) is 8.70. The van der Waals surface area contributed by atoms with Crippen molar-refractivity contribution in [3.63, 3.8) is 0 Å². The van der Waals surface area contributed by atoms with Gasteiger partial charge in [0.25, 0.3) is 0 Å². The van der Waals surface area contributed by atoms with Crippen LogP contribution in [0.1, 0.15) is 71.6 Å². The summed E-state index contributed by atoms with van der Waals surface area (Å²) in [6, 6.07) is 0.887. The fraction of sp³-hybridized carbons (Fsp3) is 1.00. The average molecular weight is 254 g/mol. The first-order chi connectivity index (χ1) is 8.81. The molecule has 0 aromatic carbocycles. The van der Waals surface area contributed by atoms with Crippen LogP contribution in [0.2, 0.25) is 0 Å². The van der Waals surface area contributed by atoms with Gasteiger partial charge < -0.3 is 10.6 Å². The molecule has 18 heavy (non-hydrogen) atoms. The van der Waals surface area contributed by atoms with E-state index in [0.29, 0.717) is 0 Å². The largest absolute Gasteiger partial charge is 0.330 e. The van der Waals surface area contributed by atoms with Crippen molar-refractivity contribution in [3.8, 4) is 0 Å². The maximum atomic E-state index is 5.67. The van der Waals surface area contributed by atoms with Gasteiger partial charge in [-0.25, -0.2) is 0 Å². The van der Waals surface area contributed by atoms with E-state index in [4.69, 9.17) is 5.73 Å². The molecule has 0 radical (unpaired) electrons. The average Bonchev–Trinajstić information content (AvgIpc) is 2.43. The van der Waals surface area contributed by atoms with Crippen LogP contribution >= 0.6 is 0 Å². The van der Waals surface area contributed by atoms with Crippen LogP contribution in [-0.4, -0.2) is 30.6 Å². The number of nitrogens with zero attached hydrogens (tertiary/aromatic N) is 1. The molecule has 1 saturated carbocycles. The molecule has 1 unspecified atom stereocenters. The normalized spacial score (nSPS) is 19.3. The molecular weight excluding hydrogens is 220 g/mol. The zero-order chi connectivity index (χ0) is 13.2. The van der Waals surface area contributed by atoms with Crippen molar-refractivity contribution in [2.24, 2.45) is 11.7 Å². The summed E-state index contributed by atoms with van der Waals surface area (Å²) in [5.74, 6) is 0.861. The molecular formula is C16H34N2. The van der Waals surface area contributed by atoms with Crippen LogP contribution in [0.25, 0.3) is 0 Å². The number of rotatable bonds is 9. The highest BCUT2D eigenvalue weighted by atomic mass is 15.1. The van der Waals surface area contributed by atoms with Gasteiger partial charge in [-0.05, 0) is 57.7 Å². The molecule has 2 heteroatoms. The highest BCUT2D eigenvalue weighted by Gasteiger charge is 2.19. The monoisotopic (exact) mass is 254 g/mol. The van der Waals surface area contributed by atoms with E-state index in [0.717, 1.165) is 18.5 Å². The Morgan fingerprint density at radius 1 is 1.11 bits per heavy atom. The third kappa shape index (κ3) is 5.71. The second-order valence-electron chi connectivity index (χ2n) is 5.91. The van der Waals surface area contributed by atoms with E-state index in [-0.39, 0.29) is 0 Å². The fourth-order valence-corrected chi connectivity index (χ4v) is 3.42. The third-order valence-electron chi connectivity index (χ3n) is 4.71. The minimum absolute atomic E-state index is 0.860. The van der Waals surface area contributed by atoms with Crippen molar-refractivity contribution in [3.05, 3.63) is 0 Å². The predicted molar refractivity (Wildman–Crippen MR) is 80.8 cm³/mol. The van der Waals surface area contributed by atoms with E-state index in [2.05, 4.69) is 18.7 Å². The highest BCUT2D eigenvalue weighted by Crippen LogP contribution is 2.23. The Labute approximate surface area is 114 Å². The minimum atomic E-state index is 0.860. The van der Waals surface area contributed by atoms with Gasteiger partial charge in [-0.3, -0.25) is 0 Å².